The second-order valence-corrected chi connectivity index (χ2v) is 3.00. The van der Waals surface area contributed by atoms with Gasteiger partial charge in [0, 0.05) is 24.8 Å². The highest BCUT2D eigenvalue weighted by Crippen LogP contribution is 2.03. The van der Waals surface area contributed by atoms with E-state index >= 15 is 0 Å². The zero-order valence-electron chi connectivity index (χ0n) is 10.2. The molecule has 0 fully saturated rings. The maximum atomic E-state index is 10.1. The Morgan fingerprint density at radius 1 is 1.14 bits per heavy atom. The highest BCUT2D eigenvalue weighted by Gasteiger charge is 2.33. The fourth-order valence-corrected chi connectivity index (χ4v) is 0.832. The van der Waals surface area contributed by atoms with Gasteiger partial charge in [0.2, 0.25) is 6.61 Å². The quantitative estimate of drug-likeness (QED) is 0.416. The van der Waals surface area contributed by atoms with Crippen molar-refractivity contribution in [2.75, 3.05) is 6.61 Å². The third-order valence-corrected chi connectivity index (χ3v) is 1.69. The van der Waals surface area contributed by atoms with E-state index in [1.807, 2.05) is 0 Å². The van der Waals surface area contributed by atoms with Crippen molar-refractivity contribution in [1.29, 1.82) is 0 Å². The van der Waals surface area contributed by atoms with Crippen LogP contribution in [0.4, 0.5) is 4.70 Å². The molecule has 0 N–H and O–H groups in total. The van der Waals surface area contributed by atoms with E-state index in [2.05, 4.69) is 29.6 Å². The highest BCUT2D eigenvalue weighted by atomic mass is 19.0. The summed E-state index contributed by atoms with van der Waals surface area (Å²) in [4.78, 5) is 25.6. The van der Waals surface area contributed by atoms with Gasteiger partial charge in [-0.2, -0.15) is 0 Å². The van der Waals surface area contributed by atoms with Gasteiger partial charge >= 0.3 is 6.17 Å². The van der Waals surface area contributed by atoms with Gasteiger partial charge in [-0.1, -0.05) is 5.16 Å². The molecule has 0 atom stereocenters. The van der Waals surface area contributed by atoms with Gasteiger partial charge in [-0.05, 0) is 5.16 Å². The number of hydrogen-bond acceptors (Lipinski definition) is 10. The van der Waals surface area contributed by atoms with Crippen molar-refractivity contribution in [2.24, 2.45) is 0 Å². The third kappa shape index (κ3) is 7.04. The number of nitro groups is 2. The van der Waals surface area contributed by atoms with Gasteiger partial charge in [-0.25, -0.2) is 4.63 Å². The van der Waals surface area contributed by atoms with Crippen LogP contribution in [0.2, 0.25) is 0 Å². The molecular formula is C8H9FN6O6. The Kier molecular flexibility index (Phi) is 8.16. The number of ether oxygens (including phenoxy) is 1. The van der Waals surface area contributed by atoms with Crippen LogP contribution in [-0.4, -0.2) is 42.9 Å². The maximum absolute atomic E-state index is 10.1. The third-order valence-electron chi connectivity index (χ3n) is 1.69. The molecule has 13 heteroatoms. The maximum Gasteiger partial charge on any atom is 0.483 e. The van der Waals surface area contributed by atoms with E-state index in [4.69, 9.17) is 0 Å². The number of aromatic nitrogens is 4. The first-order chi connectivity index (χ1) is 9.61. The fourth-order valence-electron chi connectivity index (χ4n) is 0.832. The second kappa shape index (κ2) is 9.65. The van der Waals surface area contributed by atoms with Crippen LogP contribution in [0.15, 0.2) is 35.6 Å². The Morgan fingerprint density at radius 3 is 2.00 bits per heavy atom. The molecule has 0 aromatic carbocycles. The van der Waals surface area contributed by atoms with Crippen LogP contribution in [0.3, 0.4) is 0 Å². The van der Waals surface area contributed by atoms with Crippen LogP contribution in [-0.2, 0) is 0 Å². The van der Waals surface area contributed by atoms with Gasteiger partial charge in [0.1, 0.15) is 6.20 Å². The summed E-state index contributed by atoms with van der Waals surface area (Å²) in [5, 5.41) is 26.5. The van der Waals surface area contributed by atoms with E-state index in [0.717, 1.165) is 6.20 Å². The average molecular weight is 304 g/mol. The molecule has 0 amide bonds. The molecule has 0 spiro atoms. The molecule has 12 nitrogen and oxygen atoms in total. The van der Waals surface area contributed by atoms with Gasteiger partial charge in [-0.15, -0.1) is 0 Å². The van der Waals surface area contributed by atoms with E-state index in [9.17, 15) is 20.2 Å². The van der Waals surface area contributed by atoms with Gasteiger partial charge < -0.3 is 4.74 Å². The summed E-state index contributed by atoms with van der Waals surface area (Å²) in [6.45, 7) is -0.728. The van der Waals surface area contributed by atoms with Crippen molar-refractivity contribution >= 4 is 0 Å². The molecule has 114 valence electrons. The second-order valence-electron chi connectivity index (χ2n) is 3.00. The zero-order chi connectivity index (χ0) is 14.8. The Balaban J connectivity index is 0.000000480. The molecule has 0 bridgehead atoms. The van der Waals surface area contributed by atoms with Gasteiger partial charge in [0.05, 0.1) is 9.85 Å². The number of halogens is 1. The van der Waals surface area contributed by atoms with E-state index in [1.165, 1.54) is 0 Å². The van der Waals surface area contributed by atoms with Crippen molar-refractivity contribution in [2.45, 2.75) is 6.17 Å². The van der Waals surface area contributed by atoms with Crippen LogP contribution in [0.5, 0.6) is 5.88 Å². The number of nitrogens with zero attached hydrogens (tertiary/aromatic N) is 6. The van der Waals surface area contributed by atoms with Crippen molar-refractivity contribution in [3.8, 4) is 5.88 Å². The van der Waals surface area contributed by atoms with Crippen molar-refractivity contribution < 1.29 is 23.9 Å². The molecule has 0 saturated carbocycles. The SMILES string of the molecule is F.O=[N+]([O-])C(COc1cnon1)[N+](=O)[O-].c1cnccn1. The first kappa shape index (κ1) is 17.8. The van der Waals surface area contributed by atoms with Crippen molar-refractivity contribution in [3.05, 3.63) is 51.2 Å². The highest BCUT2D eigenvalue weighted by molar-refractivity contribution is 4.95. The molecule has 21 heavy (non-hydrogen) atoms. The van der Waals surface area contributed by atoms with Gasteiger partial charge in [0.15, 0.2) is 0 Å². The predicted molar refractivity (Wildman–Crippen MR) is 62.1 cm³/mol. The smallest absolute Gasteiger partial charge is 0.459 e. The molecule has 0 aliphatic rings. The average Bonchev–Trinajstić information content (AvgIpc) is 2.94. The topological polar surface area (TPSA) is 160 Å². The molecule has 0 radical (unpaired) electrons. The number of hydrogen-bond donors (Lipinski definition) is 0. The summed E-state index contributed by atoms with van der Waals surface area (Å²) in [5.41, 5.74) is 0. The Hall–Kier alpha value is -3.25. The van der Waals surface area contributed by atoms with E-state index in [0.29, 0.717) is 0 Å². The first-order valence-electron chi connectivity index (χ1n) is 4.98. The molecule has 0 saturated heterocycles. The van der Waals surface area contributed by atoms with E-state index in [-0.39, 0.29) is 10.6 Å². The molecular weight excluding hydrogens is 295 g/mol. The summed E-state index contributed by atoms with van der Waals surface area (Å²) < 4.78 is 8.68. The predicted octanol–water partition coefficient (Wildman–Crippen LogP) is -0.0430. The monoisotopic (exact) mass is 304 g/mol. The molecule has 2 heterocycles. The lowest BCUT2D eigenvalue weighted by atomic mass is 10.6. The standard InChI is InChI=1S/C4H4N4O6.C4H4N2.FH/c9-7(10)4(8(11)12)2-13-3-1-5-14-6-3;1-2-6-4-3-5-1;/h1,4H,2H2;1-4H;1H. The van der Waals surface area contributed by atoms with Crippen LogP contribution in [0.25, 0.3) is 0 Å². The van der Waals surface area contributed by atoms with Crippen LogP contribution in [0.1, 0.15) is 0 Å². The Morgan fingerprint density at radius 2 is 1.67 bits per heavy atom. The molecule has 0 unspecified atom stereocenters. The first-order valence-corrected chi connectivity index (χ1v) is 4.98. The minimum atomic E-state index is -2.02. The summed E-state index contributed by atoms with van der Waals surface area (Å²) in [7, 11) is 0. The van der Waals surface area contributed by atoms with Gasteiger partial charge in [-0.3, -0.25) is 34.9 Å². The van der Waals surface area contributed by atoms with Crippen molar-refractivity contribution in [3.63, 3.8) is 0 Å². The molecule has 2 rings (SSSR count). The zero-order valence-corrected chi connectivity index (χ0v) is 10.2. The lowest BCUT2D eigenvalue weighted by Gasteiger charge is -2.01. The van der Waals surface area contributed by atoms with E-state index < -0.39 is 22.6 Å². The fraction of sp³-hybridized carbons (Fsp3) is 0.250. The lowest BCUT2D eigenvalue weighted by Crippen LogP contribution is -2.34. The van der Waals surface area contributed by atoms with E-state index in [1.54, 1.807) is 24.8 Å². The minimum absolute atomic E-state index is 0. The summed E-state index contributed by atoms with van der Waals surface area (Å²) in [6, 6.07) is 0. The number of rotatable bonds is 5. The minimum Gasteiger partial charge on any atom is -0.459 e. The molecule has 2 aromatic heterocycles. The van der Waals surface area contributed by atoms with Crippen LogP contribution in [0, 0.1) is 20.2 Å². The molecule has 0 aliphatic heterocycles. The Labute approximate surface area is 115 Å². The molecule has 2 aromatic rings. The molecule has 0 aliphatic carbocycles. The van der Waals surface area contributed by atoms with Crippen molar-refractivity contribution in [1.82, 2.24) is 20.3 Å². The summed E-state index contributed by atoms with van der Waals surface area (Å²) >= 11 is 0. The van der Waals surface area contributed by atoms with Crippen LogP contribution >= 0.6 is 0 Å². The van der Waals surface area contributed by atoms with Crippen LogP contribution < -0.4 is 4.74 Å². The lowest BCUT2D eigenvalue weighted by molar-refractivity contribution is -0.743. The summed E-state index contributed by atoms with van der Waals surface area (Å²) in [5.74, 6) is -0.140. The normalized spacial score (nSPS) is 9.00. The van der Waals surface area contributed by atoms with Gasteiger partial charge in [0.25, 0.3) is 5.88 Å². The summed E-state index contributed by atoms with van der Waals surface area (Å²) in [6.07, 6.45) is 5.57. The Bertz CT molecular complexity index is 485. The largest absolute Gasteiger partial charge is 0.483 e.